The predicted molar refractivity (Wildman–Crippen MR) is 127 cm³/mol. The second-order valence-electron chi connectivity index (χ2n) is 8.15. The van der Waals surface area contributed by atoms with Gasteiger partial charge >= 0.3 is 0 Å². The molecule has 0 spiro atoms. The molecule has 0 unspecified atom stereocenters. The van der Waals surface area contributed by atoms with Crippen LogP contribution in [0.25, 0.3) is 16.2 Å². The lowest BCUT2D eigenvalue weighted by atomic mass is 10.1. The molecule has 1 aliphatic rings. The van der Waals surface area contributed by atoms with Crippen LogP contribution in [-0.2, 0) is 17.8 Å². The fourth-order valence-electron chi connectivity index (χ4n) is 4.13. The maximum absolute atomic E-state index is 13.1. The SMILES string of the molecule is O=C(Cc1ccc(F)cc1)N1CCN(Cc2cc(=O)n3c(-c4ccccc4)csc3n2)CC1. The Hall–Kier alpha value is -3.36. The van der Waals surface area contributed by atoms with Crippen molar-refractivity contribution >= 4 is 22.2 Å². The summed E-state index contributed by atoms with van der Waals surface area (Å²) >= 11 is 1.46. The Balaban J connectivity index is 1.23. The highest BCUT2D eigenvalue weighted by Gasteiger charge is 2.22. The molecule has 4 aromatic rings. The highest BCUT2D eigenvalue weighted by molar-refractivity contribution is 7.15. The summed E-state index contributed by atoms with van der Waals surface area (Å²) in [5.41, 5.74) is 3.32. The maximum Gasteiger partial charge on any atom is 0.259 e. The number of hydrogen-bond donors (Lipinski definition) is 0. The number of hydrogen-bond acceptors (Lipinski definition) is 5. The first-order valence-corrected chi connectivity index (χ1v) is 11.7. The van der Waals surface area contributed by atoms with Crippen LogP contribution in [0.4, 0.5) is 4.39 Å². The van der Waals surface area contributed by atoms with Gasteiger partial charge in [-0.2, -0.15) is 0 Å². The lowest BCUT2D eigenvalue weighted by Crippen LogP contribution is -2.48. The number of aromatic nitrogens is 2. The summed E-state index contributed by atoms with van der Waals surface area (Å²) in [6.45, 7) is 3.26. The van der Waals surface area contributed by atoms with Crippen molar-refractivity contribution in [3.8, 4) is 11.3 Å². The van der Waals surface area contributed by atoms with Gasteiger partial charge in [0.25, 0.3) is 5.56 Å². The van der Waals surface area contributed by atoms with Crippen LogP contribution in [0, 0.1) is 5.82 Å². The molecular formula is C25H23FN4O2S. The number of rotatable bonds is 5. The second kappa shape index (κ2) is 9.25. The summed E-state index contributed by atoms with van der Waals surface area (Å²) in [7, 11) is 0. The van der Waals surface area contributed by atoms with Gasteiger partial charge in [-0.25, -0.2) is 9.37 Å². The van der Waals surface area contributed by atoms with Crippen molar-refractivity contribution < 1.29 is 9.18 Å². The molecular weight excluding hydrogens is 439 g/mol. The Morgan fingerprint density at radius 1 is 1.00 bits per heavy atom. The summed E-state index contributed by atoms with van der Waals surface area (Å²) in [4.78, 5) is 34.9. The zero-order valence-electron chi connectivity index (χ0n) is 18.0. The van der Waals surface area contributed by atoms with Crippen LogP contribution in [0.5, 0.6) is 0 Å². The summed E-state index contributed by atoms with van der Waals surface area (Å²) in [6.07, 6.45) is 0.275. The van der Waals surface area contributed by atoms with Crippen molar-refractivity contribution in [2.45, 2.75) is 13.0 Å². The first-order chi connectivity index (χ1) is 16.1. The van der Waals surface area contributed by atoms with Gasteiger partial charge in [-0.1, -0.05) is 42.5 Å². The van der Waals surface area contributed by atoms with Gasteiger partial charge in [0, 0.05) is 44.2 Å². The molecule has 5 rings (SSSR count). The van der Waals surface area contributed by atoms with Crippen molar-refractivity contribution in [1.29, 1.82) is 0 Å². The van der Waals surface area contributed by atoms with Gasteiger partial charge in [0.1, 0.15) is 5.82 Å². The summed E-state index contributed by atoms with van der Waals surface area (Å²) in [5, 5.41) is 1.97. The van der Waals surface area contributed by atoms with Crippen LogP contribution in [0.2, 0.25) is 0 Å². The number of amides is 1. The Morgan fingerprint density at radius 2 is 1.73 bits per heavy atom. The van der Waals surface area contributed by atoms with Crippen molar-refractivity contribution in [3.63, 3.8) is 0 Å². The van der Waals surface area contributed by atoms with Crippen LogP contribution < -0.4 is 5.56 Å². The predicted octanol–water partition coefficient (Wildman–Crippen LogP) is 3.45. The molecule has 33 heavy (non-hydrogen) atoms. The molecule has 0 radical (unpaired) electrons. The van der Waals surface area contributed by atoms with Crippen LogP contribution in [-0.4, -0.2) is 51.3 Å². The highest BCUT2D eigenvalue weighted by atomic mass is 32.1. The van der Waals surface area contributed by atoms with Gasteiger partial charge < -0.3 is 4.90 Å². The summed E-state index contributed by atoms with van der Waals surface area (Å²) in [6, 6.07) is 17.5. The molecule has 8 heteroatoms. The van der Waals surface area contributed by atoms with Gasteiger partial charge in [-0.15, -0.1) is 11.3 Å². The van der Waals surface area contributed by atoms with E-state index >= 15 is 0 Å². The molecule has 0 saturated carbocycles. The molecule has 0 aliphatic carbocycles. The van der Waals surface area contributed by atoms with E-state index in [0.717, 1.165) is 35.6 Å². The third kappa shape index (κ3) is 4.72. The standard InChI is InChI=1S/C25H23FN4O2S/c26-20-8-6-18(7-9-20)14-23(31)29-12-10-28(11-13-29)16-21-15-24(32)30-22(17-33-25(30)27-21)19-4-2-1-3-5-19/h1-9,15,17H,10-14,16H2. The van der Waals surface area contributed by atoms with Crippen molar-refractivity contribution in [2.24, 2.45) is 0 Å². The van der Waals surface area contributed by atoms with E-state index in [2.05, 4.69) is 4.90 Å². The first-order valence-electron chi connectivity index (χ1n) is 10.9. The third-order valence-electron chi connectivity index (χ3n) is 5.91. The summed E-state index contributed by atoms with van der Waals surface area (Å²) < 4.78 is 14.7. The van der Waals surface area contributed by atoms with E-state index in [0.29, 0.717) is 24.6 Å². The minimum Gasteiger partial charge on any atom is -0.340 e. The van der Waals surface area contributed by atoms with Crippen LogP contribution >= 0.6 is 11.3 Å². The van der Waals surface area contributed by atoms with E-state index in [1.54, 1.807) is 22.6 Å². The molecule has 2 aromatic heterocycles. The normalized spacial score (nSPS) is 14.6. The number of piperazine rings is 1. The van der Waals surface area contributed by atoms with E-state index in [-0.39, 0.29) is 23.7 Å². The van der Waals surface area contributed by atoms with Crippen LogP contribution in [0.15, 0.2) is 70.8 Å². The van der Waals surface area contributed by atoms with Gasteiger partial charge in [-0.3, -0.25) is 18.9 Å². The number of carbonyl (C=O) groups is 1. The number of carbonyl (C=O) groups excluding carboxylic acids is 1. The summed E-state index contributed by atoms with van der Waals surface area (Å²) in [5.74, 6) is -0.254. The van der Waals surface area contributed by atoms with E-state index in [1.165, 1.54) is 23.5 Å². The quantitative estimate of drug-likeness (QED) is 0.456. The fraction of sp³-hybridized carbons (Fsp3) is 0.240. The van der Waals surface area contributed by atoms with Crippen molar-refractivity contribution in [3.05, 3.63) is 93.5 Å². The van der Waals surface area contributed by atoms with Crippen LogP contribution in [0.1, 0.15) is 11.3 Å². The number of nitrogens with zero attached hydrogens (tertiary/aromatic N) is 4. The van der Waals surface area contributed by atoms with E-state index < -0.39 is 0 Å². The van der Waals surface area contributed by atoms with Crippen molar-refractivity contribution in [1.82, 2.24) is 19.2 Å². The first kappa shape index (κ1) is 21.5. The Bertz CT molecular complexity index is 1330. The van der Waals surface area contributed by atoms with Crippen molar-refractivity contribution in [2.75, 3.05) is 26.2 Å². The molecule has 168 valence electrons. The number of halogens is 1. The highest BCUT2D eigenvalue weighted by Crippen LogP contribution is 2.24. The minimum atomic E-state index is -0.301. The molecule has 3 heterocycles. The fourth-order valence-corrected chi connectivity index (χ4v) is 5.05. The molecule has 1 saturated heterocycles. The molecule has 6 nitrogen and oxygen atoms in total. The van der Waals surface area contributed by atoms with Gasteiger partial charge in [0.05, 0.1) is 17.8 Å². The largest absolute Gasteiger partial charge is 0.340 e. The zero-order chi connectivity index (χ0) is 22.8. The smallest absolute Gasteiger partial charge is 0.259 e. The average Bonchev–Trinajstić information content (AvgIpc) is 3.26. The second-order valence-corrected chi connectivity index (χ2v) is 8.99. The molecule has 0 atom stereocenters. The topological polar surface area (TPSA) is 57.9 Å². The van der Waals surface area contributed by atoms with Gasteiger partial charge in [0.15, 0.2) is 4.96 Å². The molecule has 0 bridgehead atoms. The Morgan fingerprint density at radius 3 is 2.45 bits per heavy atom. The van der Waals surface area contributed by atoms with E-state index in [1.807, 2.05) is 40.6 Å². The zero-order valence-corrected chi connectivity index (χ0v) is 18.8. The third-order valence-corrected chi connectivity index (χ3v) is 6.73. The minimum absolute atomic E-state index is 0.0473. The number of fused-ring (bicyclic) bond motifs is 1. The Labute approximate surface area is 194 Å². The van der Waals surface area contributed by atoms with E-state index in [4.69, 9.17) is 4.98 Å². The molecule has 1 aliphatic heterocycles. The van der Waals surface area contributed by atoms with E-state index in [9.17, 15) is 14.0 Å². The average molecular weight is 463 g/mol. The van der Waals surface area contributed by atoms with Gasteiger partial charge in [-0.05, 0) is 23.3 Å². The lowest BCUT2D eigenvalue weighted by Gasteiger charge is -2.34. The monoisotopic (exact) mass is 462 g/mol. The van der Waals surface area contributed by atoms with Gasteiger partial charge in [0.2, 0.25) is 5.91 Å². The number of benzene rings is 2. The molecule has 1 fully saturated rings. The molecule has 0 N–H and O–H groups in total. The number of thiazole rings is 1. The molecule has 2 aromatic carbocycles. The Kier molecular flexibility index (Phi) is 6.02. The molecule has 1 amide bonds. The lowest BCUT2D eigenvalue weighted by molar-refractivity contribution is -0.132. The maximum atomic E-state index is 13.1. The van der Waals surface area contributed by atoms with Crippen LogP contribution in [0.3, 0.4) is 0 Å².